The molecular weight excluding hydrogens is 194 g/mol. The normalized spacial score (nSPS) is 32.9. The van der Waals surface area contributed by atoms with Gasteiger partial charge in [0.25, 0.3) is 0 Å². The molecule has 4 nitrogen and oxygen atoms in total. The summed E-state index contributed by atoms with van der Waals surface area (Å²) in [5.74, 6) is 0.421. The van der Waals surface area contributed by atoms with Crippen molar-refractivity contribution in [3.63, 3.8) is 0 Å². The molecule has 2 fully saturated rings. The molecule has 0 amide bonds. The molecule has 1 N–H and O–H groups in total. The Hall–Kier alpha value is -0.610. The molecule has 2 aliphatic rings. The Morgan fingerprint density at radius 1 is 1.33 bits per heavy atom. The minimum absolute atomic E-state index is 0.0283. The zero-order valence-electron chi connectivity index (χ0n) is 9.20. The first kappa shape index (κ1) is 10.9. The molecule has 2 saturated heterocycles. The molecule has 15 heavy (non-hydrogen) atoms. The lowest BCUT2D eigenvalue weighted by Gasteiger charge is -2.24. The molecule has 86 valence electrons. The number of ether oxygens (including phenoxy) is 2. The van der Waals surface area contributed by atoms with Crippen LogP contribution in [0.15, 0.2) is 0 Å². The fourth-order valence-corrected chi connectivity index (χ4v) is 2.17. The highest BCUT2D eigenvalue weighted by molar-refractivity contribution is 5.73. The van der Waals surface area contributed by atoms with E-state index >= 15 is 0 Å². The molecule has 2 rings (SSSR count). The minimum Gasteiger partial charge on any atom is -0.462 e. The van der Waals surface area contributed by atoms with Crippen LogP contribution in [0.1, 0.15) is 19.8 Å². The summed E-state index contributed by atoms with van der Waals surface area (Å²) in [4.78, 5) is 11.8. The van der Waals surface area contributed by atoms with Crippen LogP contribution in [0.4, 0.5) is 0 Å². The maximum Gasteiger partial charge on any atom is 0.310 e. The van der Waals surface area contributed by atoms with Gasteiger partial charge in [0.2, 0.25) is 0 Å². The Labute approximate surface area is 90.3 Å². The van der Waals surface area contributed by atoms with Crippen LogP contribution in [0.5, 0.6) is 0 Å². The van der Waals surface area contributed by atoms with E-state index in [0.717, 1.165) is 39.1 Å². The zero-order chi connectivity index (χ0) is 10.7. The average molecular weight is 213 g/mol. The SMILES string of the molecule is C[C@@H]1CNC[C@H]1C(=O)OC1CCOCC1. The van der Waals surface area contributed by atoms with Crippen molar-refractivity contribution in [2.75, 3.05) is 26.3 Å². The fraction of sp³-hybridized carbons (Fsp3) is 0.909. The average Bonchev–Trinajstić information content (AvgIpc) is 2.66. The highest BCUT2D eigenvalue weighted by atomic mass is 16.6. The maximum atomic E-state index is 11.8. The standard InChI is InChI=1S/C11H19NO3/c1-8-6-12-7-10(8)11(13)15-9-2-4-14-5-3-9/h8-10,12H,2-7H2,1H3/t8-,10-/m1/s1. The van der Waals surface area contributed by atoms with Gasteiger partial charge in [-0.1, -0.05) is 6.92 Å². The third-order valence-electron chi connectivity index (χ3n) is 3.27. The van der Waals surface area contributed by atoms with Crippen LogP contribution in [0, 0.1) is 11.8 Å². The van der Waals surface area contributed by atoms with Gasteiger partial charge in [-0.3, -0.25) is 4.79 Å². The number of esters is 1. The number of rotatable bonds is 2. The number of carbonyl (C=O) groups excluding carboxylic acids is 1. The Morgan fingerprint density at radius 2 is 2.07 bits per heavy atom. The zero-order valence-corrected chi connectivity index (χ0v) is 9.20. The highest BCUT2D eigenvalue weighted by Crippen LogP contribution is 2.20. The van der Waals surface area contributed by atoms with E-state index in [-0.39, 0.29) is 18.0 Å². The predicted molar refractivity (Wildman–Crippen MR) is 55.5 cm³/mol. The summed E-state index contributed by atoms with van der Waals surface area (Å²) in [6.45, 7) is 5.22. The molecule has 2 aliphatic heterocycles. The van der Waals surface area contributed by atoms with E-state index in [4.69, 9.17) is 9.47 Å². The monoisotopic (exact) mass is 213 g/mol. The fourth-order valence-electron chi connectivity index (χ4n) is 2.17. The van der Waals surface area contributed by atoms with Gasteiger partial charge in [-0.25, -0.2) is 0 Å². The second kappa shape index (κ2) is 4.94. The largest absolute Gasteiger partial charge is 0.462 e. The minimum atomic E-state index is -0.0283. The summed E-state index contributed by atoms with van der Waals surface area (Å²) < 4.78 is 10.7. The van der Waals surface area contributed by atoms with E-state index < -0.39 is 0 Å². The lowest BCUT2D eigenvalue weighted by atomic mass is 9.98. The number of nitrogens with one attached hydrogen (secondary N) is 1. The van der Waals surface area contributed by atoms with Crippen molar-refractivity contribution in [1.29, 1.82) is 0 Å². The summed E-state index contributed by atoms with van der Waals surface area (Å²) in [5, 5.41) is 3.21. The van der Waals surface area contributed by atoms with Crippen molar-refractivity contribution in [1.82, 2.24) is 5.32 Å². The van der Waals surface area contributed by atoms with Crippen LogP contribution in [-0.2, 0) is 14.3 Å². The highest BCUT2D eigenvalue weighted by Gasteiger charge is 2.32. The molecule has 0 unspecified atom stereocenters. The predicted octanol–water partition coefficient (Wildman–Crippen LogP) is 0.564. The van der Waals surface area contributed by atoms with Gasteiger partial charge >= 0.3 is 5.97 Å². The molecule has 0 aliphatic carbocycles. The third kappa shape index (κ3) is 2.69. The molecule has 0 bridgehead atoms. The van der Waals surface area contributed by atoms with Gasteiger partial charge in [0, 0.05) is 19.4 Å². The first-order valence-corrected chi connectivity index (χ1v) is 5.76. The molecule has 4 heteroatoms. The van der Waals surface area contributed by atoms with E-state index in [9.17, 15) is 4.79 Å². The second-order valence-corrected chi connectivity index (χ2v) is 4.49. The van der Waals surface area contributed by atoms with Gasteiger partial charge in [-0.05, 0) is 12.5 Å². The Bertz CT molecular complexity index is 226. The summed E-state index contributed by atoms with van der Waals surface area (Å²) in [6, 6.07) is 0. The lowest BCUT2D eigenvalue weighted by molar-refractivity contribution is -0.158. The van der Waals surface area contributed by atoms with Crippen LogP contribution >= 0.6 is 0 Å². The maximum absolute atomic E-state index is 11.8. The van der Waals surface area contributed by atoms with E-state index in [0.29, 0.717) is 5.92 Å². The molecule has 0 saturated carbocycles. The molecule has 0 spiro atoms. The van der Waals surface area contributed by atoms with Crippen molar-refractivity contribution >= 4 is 5.97 Å². The van der Waals surface area contributed by atoms with Crippen molar-refractivity contribution < 1.29 is 14.3 Å². The van der Waals surface area contributed by atoms with E-state index in [1.165, 1.54) is 0 Å². The van der Waals surface area contributed by atoms with Gasteiger partial charge in [0.05, 0.1) is 19.1 Å². The summed E-state index contributed by atoms with van der Waals surface area (Å²) in [6.07, 6.45) is 1.78. The summed E-state index contributed by atoms with van der Waals surface area (Å²) in [7, 11) is 0. The number of hydrogen-bond donors (Lipinski definition) is 1. The van der Waals surface area contributed by atoms with Gasteiger partial charge < -0.3 is 14.8 Å². The molecule has 2 heterocycles. The summed E-state index contributed by atoms with van der Waals surface area (Å²) >= 11 is 0. The molecular formula is C11H19NO3. The molecule has 0 aromatic heterocycles. The molecule has 0 radical (unpaired) electrons. The van der Waals surface area contributed by atoms with Crippen LogP contribution in [0.3, 0.4) is 0 Å². The first-order valence-electron chi connectivity index (χ1n) is 5.76. The van der Waals surface area contributed by atoms with Crippen molar-refractivity contribution in [3.8, 4) is 0 Å². The Balaban J connectivity index is 1.80. The van der Waals surface area contributed by atoms with Gasteiger partial charge in [-0.2, -0.15) is 0 Å². The van der Waals surface area contributed by atoms with Crippen LogP contribution < -0.4 is 5.32 Å². The van der Waals surface area contributed by atoms with E-state index in [1.54, 1.807) is 0 Å². The summed E-state index contributed by atoms with van der Waals surface area (Å²) in [5.41, 5.74) is 0. The Morgan fingerprint density at radius 3 is 2.67 bits per heavy atom. The quantitative estimate of drug-likeness (QED) is 0.681. The molecule has 0 aromatic carbocycles. The third-order valence-corrected chi connectivity index (χ3v) is 3.27. The second-order valence-electron chi connectivity index (χ2n) is 4.49. The lowest BCUT2D eigenvalue weighted by Crippen LogP contribution is -2.31. The number of carbonyl (C=O) groups is 1. The smallest absolute Gasteiger partial charge is 0.310 e. The van der Waals surface area contributed by atoms with Crippen LogP contribution in [0.2, 0.25) is 0 Å². The topological polar surface area (TPSA) is 47.6 Å². The van der Waals surface area contributed by atoms with E-state index in [2.05, 4.69) is 12.2 Å². The van der Waals surface area contributed by atoms with E-state index in [1.807, 2.05) is 0 Å². The molecule has 0 aromatic rings. The van der Waals surface area contributed by atoms with Gasteiger partial charge in [0.1, 0.15) is 6.10 Å². The van der Waals surface area contributed by atoms with Crippen LogP contribution in [0.25, 0.3) is 0 Å². The van der Waals surface area contributed by atoms with Crippen LogP contribution in [-0.4, -0.2) is 38.4 Å². The molecule has 2 atom stereocenters. The Kier molecular flexibility index (Phi) is 3.59. The first-order chi connectivity index (χ1) is 7.27. The van der Waals surface area contributed by atoms with Gasteiger partial charge in [0.15, 0.2) is 0 Å². The van der Waals surface area contributed by atoms with Crippen molar-refractivity contribution in [3.05, 3.63) is 0 Å². The van der Waals surface area contributed by atoms with Crippen molar-refractivity contribution in [2.45, 2.75) is 25.9 Å². The van der Waals surface area contributed by atoms with Crippen molar-refractivity contribution in [2.24, 2.45) is 11.8 Å². The van der Waals surface area contributed by atoms with Gasteiger partial charge in [-0.15, -0.1) is 0 Å². The number of hydrogen-bond acceptors (Lipinski definition) is 4.